The van der Waals surface area contributed by atoms with Gasteiger partial charge in [-0.25, -0.2) is 14.6 Å². The molecule has 1 N–H and O–H groups in total. The molecule has 0 fully saturated rings. The van der Waals surface area contributed by atoms with E-state index in [9.17, 15) is 14.4 Å². The summed E-state index contributed by atoms with van der Waals surface area (Å²) in [6, 6.07) is 4.22. The molecule has 1 aromatic heterocycles. The zero-order valence-corrected chi connectivity index (χ0v) is 15.1. The highest BCUT2D eigenvalue weighted by molar-refractivity contribution is 7.16. The number of carbonyl (C=O) groups is 3. The first-order valence-electron chi connectivity index (χ1n) is 7.83. The number of carbonyl (C=O) groups excluding carboxylic acids is 3. The van der Waals surface area contributed by atoms with Gasteiger partial charge in [0.1, 0.15) is 6.04 Å². The maximum atomic E-state index is 12.1. The molecule has 134 valence electrons. The molecule has 0 spiro atoms. The van der Waals surface area contributed by atoms with Crippen molar-refractivity contribution >= 4 is 39.4 Å². The smallest absolute Gasteiger partial charge is 0.338 e. The minimum atomic E-state index is -0.769. The third-order valence-electron chi connectivity index (χ3n) is 3.89. The summed E-state index contributed by atoms with van der Waals surface area (Å²) in [6.45, 7) is 3.27. The van der Waals surface area contributed by atoms with Gasteiger partial charge in [0.2, 0.25) is 0 Å². The Morgan fingerprint density at radius 1 is 1.32 bits per heavy atom. The van der Waals surface area contributed by atoms with Crippen LogP contribution in [-0.4, -0.2) is 42.6 Å². The van der Waals surface area contributed by atoms with Gasteiger partial charge in [-0.15, -0.1) is 11.3 Å². The second kappa shape index (κ2) is 8.57. The summed E-state index contributed by atoms with van der Waals surface area (Å²) in [7, 11) is 1.26. The molecule has 7 nitrogen and oxygen atoms in total. The SMILES string of the molecule is CC[C@@H](C)[C@@H](NC(=O)COC(=O)c1ccc2ncsc2c1)C(=O)OC. The molecule has 0 radical (unpaired) electrons. The number of benzene rings is 1. The van der Waals surface area contributed by atoms with E-state index >= 15 is 0 Å². The topological polar surface area (TPSA) is 94.6 Å². The summed E-state index contributed by atoms with van der Waals surface area (Å²) in [6.07, 6.45) is 0.689. The highest BCUT2D eigenvalue weighted by Crippen LogP contribution is 2.19. The zero-order chi connectivity index (χ0) is 18.4. The third kappa shape index (κ3) is 4.76. The van der Waals surface area contributed by atoms with E-state index in [1.165, 1.54) is 18.4 Å². The minimum Gasteiger partial charge on any atom is -0.467 e. The predicted molar refractivity (Wildman–Crippen MR) is 93.3 cm³/mol. The van der Waals surface area contributed by atoms with E-state index in [-0.39, 0.29) is 5.92 Å². The van der Waals surface area contributed by atoms with Gasteiger partial charge < -0.3 is 14.8 Å². The molecule has 0 aliphatic heterocycles. The summed E-state index contributed by atoms with van der Waals surface area (Å²) in [5.74, 6) is -1.78. The molecule has 1 heterocycles. The third-order valence-corrected chi connectivity index (χ3v) is 4.68. The fraction of sp³-hybridized carbons (Fsp3) is 0.412. The molecule has 2 aromatic rings. The Morgan fingerprint density at radius 2 is 2.08 bits per heavy atom. The van der Waals surface area contributed by atoms with E-state index in [4.69, 9.17) is 9.47 Å². The number of hydrogen-bond donors (Lipinski definition) is 1. The summed E-state index contributed by atoms with van der Waals surface area (Å²) in [5.41, 5.74) is 2.83. The largest absolute Gasteiger partial charge is 0.467 e. The molecular weight excluding hydrogens is 344 g/mol. The summed E-state index contributed by atoms with van der Waals surface area (Å²) in [5, 5.41) is 2.55. The van der Waals surface area contributed by atoms with Gasteiger partial charge in [0.25, 0.3) is 5.91 Å². The summed E-state index contributed by atoms with van der Waals surface area (Å²) in [4.78, 5) is 40.0. The fourth-order valence-electron chi connectivity index (χ4n) is 2.21. The average Bonchev–Trinajstić information content (AvgIpc) is 3.10. The second-order valence-corrected chi connectivity index (χ2v) is 6.45. The van der Waals surface area contributed by atoms with Crippen molar-refractivity contribution in [3.05, 3.63) is 29.3 Å². The van der Waals surface area contributed by atoms with Crippen molar-refractivity contribution in [2.45, 2.75) is 26.3 Å². The van der Waals surface area contributed by atoms with Crippen molar-refractivity contribution < 1.29 is 23.9 Å². The van der Waals surface area contributed by atoms with Crippen LogP contribution in [0, 0.1) is 5.92 Å². The minimum absolute atomic E-state index is 0.0964. The van der Waals surface area contributed by atoms with Crippen molar-refractivity contribution in [1.29, 1.82) is 0 Å². The second-order valence-electron chi connectivity index (χ2n) is 5.56. The number of methoxy groups -OCH3 is 1. The van der Waals surface area contributed by atoms with E-state index < -0.39 is 30.5 Å². The maximum Gasteiger partial charge on any atom is 0.338 e. The van der Waals surface area contributed by atoms with Crippen LogP contribution in [0.4, 0.5) is 0 Å². The standard InChI is InChI=1S/C17H20N2O5S/c1-4-10(2)15(17(22)23-3)19-14(20)8-24-16(21)11-5-6-12-13(7-11)25-9-18-12/h5-7,9-10,15H,4,8H2,1-3H3,(H,19,20)/t10-,15-/m1/s1. The lowest BCUT2D eigenvalue weighted by Crippen LogP contribution is -2.47. The molecule has 25 heavy (non-hydrogen) atoms. The van der Waals surface area contributed by atoms with Crippen LogP contribution < -0.4 is 5.32 Å². The van der Waals surface area contributed by atoms with E-state index in [0.717, 1.165) is 10.2 Å². The molecular formula is C17H20N2O5S. The predicted octanol–water partition coefficient (Wildman–Crippen LogP) is 2.16. The molecule has 0 saturated heterocycles. The Morgan fingerprint density at radius 3 is 2.76 bits per heavy atom. The maximum absolute atomic E-state index is 12.1. The van der Waals surface area contributed by atoms with Crippen LogP contribution in [0.2, 0.25) is 0 Å². The number of rotatable bonds is 7. The van der Waals surface area contributed by atoms with E-state index in [0.29, 0.717) is 12.0 Å². The van der Waals surface area contributed by atoms with Crippen LogP contribution in [0.15, 0.2) is 23.7 Å². The van der Waals surface area contributed by atoms with Gasteiger partial charge in [-0.2, -0.15) is 0 Å². The van der Waals surface area contributed by atoms with Crippen molar-refractivity contribution in [2.75, 3.05) is 13.7 Å². The van der Waals surface area contributed by atoms with E-state index in [1.807, 2.05) is 13.8 Å². The molecule has 8 heteroatoms. The number of thiazole rings is 1. The lowest BCUT2D eigenvalue weighted by molar-refractivity contribution is -0.147. The highest BCUT2D eigenvalue weighted by Gasteiger charge is 2.27. The summed E-state index contributed by atoms with van der Waals surface area (Å²) < 4.78 is 10.6. The molecule has 0 saturated carbocycles. The zero-order valence-electron chi connectivity index (χ0n) is 14.3. The van der Waals surface area contributed by atoms with Crippen LogP contribution in [0.3, 0.4) is 0 Å². The normalized spacial score (nSPS) is 13.1. The Labute approximate surface area is 149 Å². The number of hydrogen-bond acceptors (Lipinski definition) is 7. The van der Waals surface area contributed by atoms with E-state index in [2.05, 4.69) is 10.3 Å². The summed E-state index contributed by atoms with van der Waals surface area (Å²) >= 11 is 1.41. The number of aromatic nitrogens is 1. The van der Waals surface area contributed by atoms with Crippen molar-refractivity contribution in [3.8, 4) is 0 Å². The van der Waals surface area contributed by atoms with Crippen molar-refractivity contribution in [3.63, 3.8) is 0 Å². The Bertz CT molecular complexity index is 773. The number of fused-ring (bicyclic) bond motifs is 1. The van der Waals surface area contributed by atoms with Gasteiger partial charge in [0, 0.05) is 0 Å². The van der Waals surface area contributed by atoms with Crippen LogP contribution in [0.1, 0.15) is 30.6 Å². The van der Waals surface area contributed by atoms with Crippen molar-refractivity contribution in [1.82, 2.24) is 10.3 Å². The number of nitrogens with one attached hydrogen (secondary N) is 1. The first kappa shape index (κ1) is 18.9. The first-order valence-corrected chi connectivity index (χ1v) is 8.71. The molecule has 0 aliphatic carbocycles. The van der Waals surface area contributed by atoms with Gasteiger partial charge >= 0.3 is 11.9 Å². The molecule has 0 bridgehead atoms. The number of amides is 1. The Hall–Kier alpha value is -2.48. The Balaban J connectivity index is 1.93. The fourth-order valence-corrected chi connectivity index (χ4v) is 2.92. The highest BCUT2D eigenvalue weighted by atomic mass is 32.1. The lowest BCUT2D eigenvalue weighted by Gasteiger charge is -2.21. The average molecular weight is 364 g/mol. The van der Waals surface area contributed by atoms with Crippen LogP contribution >= 0.6 is 11.3 Å². The lowest BCUT2D eigenvalue weighted by atomic mass is 9.99. The monoisotopic (exact) mass is 364 g/mol. The number of esters is 2. The molecule has 0 unspecified atom stereocenters. The Kier molecular flexibility index (Phi) is 6.46. The quantitative estimate of drug-likeness (QED) is 0.757. The first-order chi connectivity index (χ1) is 12.0. The van der Waals surface area contributed by atoms with Gasteiger partial charge in [0.05, 0.1) is 28.4 Å². The number of nitrogens with zero attached hydrogens (tertiary/aromatic N) is 1. The van der Waals surface area contributed by atoms with E-state index in [1.54, 1.807) is 23.7 Å². The van der Waals surface area contributed by atoms with Gasteiger partial charge in [-0.05, 0) is 24.1 Å². The van der Waals surface area contributed by atoms with Crippen LogP contribution in [0.25, 0.3) is 10.2 Å². The molecule has 2 rings (SSSR count). The van der Waals surface area contributed by atoms with Crippen molar-refractivity contribution in [2.24, 2.45) is 5.92 Å². The van der Waals surface area contributed by atoms with Crippen LogP contribution in [0.5, 0.6) is 0 Å². The van der Waals surface area contributed by atoms with Gasteiger partial charge in [0.15, 0.2) is 6.61 Å². The molecule has 1 aromatic carbocycles. The van der Waals surface area contributed by atoms with Gasteiger partial charge in [-0.1, -0.05) is 20.3 Å². The molecule has 0 aliphatic rings. The van der Waals surface area contributed by atoms with Gasteiger partial charge in [-0.3, -0.25) is 4.79 Å². The molecule has 1 amide bonds. The molecule has 2 atom stereocenters. The van der Waals surface area contributed by atoms with Crippen LogP contribution in [-0.2, 0) is 19.1 Å². The number of ether oxygens (including phenoxy) is 2.